The average Bonchev–Trinajstić information content (AvgIpc) is 2.96. The van der Waals surface area contributed by atoms with Crippen molar-refractivity contribution in [2.75, 3.05) is 51.2 Å². The molecule has 2 aliphatic rings. The van der Waals surface area contributed by atoms with Crippen LogP contribution in [0.15, 0.2) is 18.2 Å². The molecule has 9 heteroatoms. The topological polar surface area (TPSA) is 84.9 Å². The number of hydroxylamine groups is 2. The molecule has 1 N–H and O–H groups in total. The monoisotopic (exact) mass is 366 g/mol. The smallest absolute Gasteiger partial charge is 0.414 e. The summed E-state index contributed by atoms with van der Waals surface area (Å²) >= 11 is 0. The molecule has 8 nitrogen and oxygen atoms in total. The average molecular weight is 366 g/mol. The molecule has 0 spiro atoms. The van der Waals surface area contributed by atoms with E-state index in [-0.39, 0.29) is 37.8 Å². The fourth-order valence-electron chi connectivity index (χ4n) is 3.22. The number of halogens is 1. The van der Waals surface area contributed by atoms with Gasteiger partial charge in [-0.15, -0.1) is 0 Å². The Kier molecular flexibility index (Phi) is 5.12. The molecule has 0 unspecified atom stereocenters. The molecule has 3 rings (SSSR count). The zero-order chi connectivity index (χ0) is 18.9. The summed E-state index contributed by atoms with van der Waals surface area (Å²) in [5, 5.41) is 15.5. The van der Waals surface area contributed by atoms with E-state index in [1.807, 2.05) is 11.9 Å². The van der Waals surface area contributed by atoms with Crippen molar-refractivity contribution in [3.63, 3.8) is 0 Å². The molecular weight excluding hydrogens is 343 g/mol. The van der Waals surface area contributed by atoms with Gasteiger partial charge in [0.25, 0.3) is 0 Å². The van der Waals surface area contributed by atoms with Gasteiger partial charge >= 0.3 is 6.09 Å². The van der Waals surface area contributed by atoms with E-state index in [1.165, 1.54) is 24.0 Å². The van der Waals surface area contributed by atoms with Gasteiger partial charge in [0.15, 0.2) is 11.5 Å². The van der Waals surface area contributed by atoms with Gasteiger partial charge in [-0.3, -0.25) is 14.6 Å². The second-order valence-corrected chi connectivity index (χ2v) is 6.83. The zero-order valence-corrected chi connectivity index (χ0v) is 14.9. The Balaban J connectivity index is 1.73. The summed E-state index contributed by atoms with van der Waals surface area (Å²) < 4.78 is 19.1. The molecule has 2 aliphatic heterocycles. The number of anilines is 1. The van der Waals surface area contributed by atoms with Crippen molar-refractivity contribution in [2.45, 2.75) is 13.0 Å². The largest absolute Gasteiger partial charge is 0.627 e. The SMILES string of the molecule is CC(=O)NC[C@H]1CN(c2ccc([N+]3([O-])CCN(C)CC3)c(F)c2)C(=O)O1. The summed E-state index contributed by atoms with van der Waals surface area (Å²) in [6.07, 6.45) is -1.09. The maximum Gasteiger partial charge on any atom is 0.414 e. The molecule has 0 saturated carbocycles. The Labute approximate surface area is 151 Å². The summed E-state index contributed by atoms with van der Waals surface area (Å²) in [7, 11) is 1.93. The molecule has 142 valence electrons. The first-order valence-electron chi connectivity index (χ1n) is 8.58. The second kappa shape index (κ2) is 7.18. The lowest BCUT2D eigenvalue weighted by molar-refractivity contribution is -0.119. The van der Waals surface area contributed by atoms with Gasteiger partial charge in [0.2, 0.25) is 5.91 Å². The Morgan fingerprint density at radius 3 is 2.73 bits per heavy atom. The van der Waals surface area contributed by atoms with Crippen LogP contribution in [0.5, 0.6) is 0 Å². The fourth-order valence-corrected chi connectivity index (χ4v) is 3.22. The second-order valence-electron chi connectivity index (χ2n) is 6.83. The number of likely N-dealkylation sites (N-methyl/N-ethyl adjacent to an activating group) is 1. The number of nitrogens with zero attached hydrogens (tertiary/aromatic N) is 3. The molecule has 1 aromatic rings. The predicted molar refractivity (Wildman–Crippen MR) is 95.1 cm³/mol. The Morgan fingerprint density at radius 1 is 1.42 bits per heavy atom. The summed E-state index contributed by atoms with van der Waals surface area (Å²) in [5.41, 5.74) is 0.423. The summed E-state index contributed by atoms with van der Waals surface area (Å²) in [5.74, 6) is -0.841. The highest BCUT2D eigenvalue weighted by Gasteiger charge is 2.34. The normalized spacial score (nSPS) is 23.0. The number of nitrogens with one attached hydrogen (secondary N) is 1. The van der Waals surface area contributed by atoms with Gasteiger partial charge in [-0.1, -0.05) is 0 Å². The Bertz CT molecular complexity index is 706. The van der Waals surface area contributed by atoms with Crippen molar-refractivity contribution in [2.24, 2.45) is 0 Å². The first-order chi connectivity index (χ1) is 12.3. The van der Waals surface area contributed by atoms with Crippen molar-refractivity contribution >= 4 is 23.4 Å². The van der Waals surface area contributed by atoms with Gasteiger partial charge in [0.1, 0.15) is 6.10 Å². The highest BCUT2D eigenvalue weighted by Crippen LogP contribution is 2.32. The van der Waals surface area contributed by atoms with E-state index in [9.17, 15) is 19.2 Å². The molecule has 1 atom stereocenters. The quantitative estimate of drug-likeness (QED) is 0.636. The van der Waals surface area contributed by atoms with Crippen molar-refractivity contribution < 1.29 is 18.7 Å². The molecule has 0 aromatic heterocycles. The number of hydrogen-bond acceptors (Lipinski definition) is 5. The number of cyclic esters (lactones) is 1. The number of amides is 2. The van der Waals surface area contributed by atoms with Gasteiger partial charge in [-0.25, -0.2) is 9.18 Å². The van der Waals surface area contributed by atoms with E-state index in [4.69, 9.17) is 4.74 Å². The van der Waals surface area contributed by atoms with Crippen LogP contribution in [0.3, 0.4) is 0 Å². The van der Waals surface area contributed by atoms with E-state index in [0.29, 0.717) is 18.8 Å². The molecule has 2 fully saturated rings. The van der Waals surface area contributed by atoms with Crippen molar-refractivity contribution in [1.29, 1.82) is 0 Å². The first kappa shape index (κ1) is 18.6. The number of hydrogen-bond donors (Lipinski definition) is 1. The minimum atomic E-state index is -0.702. The van der Waals surface area contributed by atoms with Gasteiger partial charge in [-0.05, 0) is 13.1 Å². The van der Waals surface area contributed by atoms with Crippen LogP contribution in [0.4, 0.5) is 20.6 Å². The Morgan fingerprint density at radius 2 is 2.12 bits per heavy atom. The maximum atomic E-state index is 14.6. The number of rotatable bonds is 4. The van der Waals surface area contributed by atoms with Crippen molar-refractivity contribution in [3.05, 3.63) is 29.2 Å². The lowest BCUT2D eigenvalue weighted by Gasteiger charge is -2.47. The number of ether oxygens (including phenoxy) is 1. The van der Waals surface area contributed by atoms with E-state index < -0.39 is 22.7 Å². The molecular formula is C17H23FN4O4. The predicted octanol–water partition coefficient (Wildman–Crippen LogP) is 1.04. The minimum absolute atomic E-state index is 0.0872. The zero-order valence-electron chi connectivity index (χ0n) is 14.9. The van der Waals surface area contributed by atoms with Crippen LogP contribution in [0.25, 0.3) is 0 Å². The van der Waals surface area contributed by atoms with Gasteiger partial charge < -0.3 is 19.9 Å². The standard InChI is InChI=1S/C17H23FN4O4/c1-12(23)19-10-14-11-21(17(24)26-14)13-3-4-16(15(18)9-13)22(25)7-5-20(2)6-8-22/h3-4,9,14H,5-8,10-11H2,1-2H3,(H,19,23)/t14-/m0/s1. The van der Waals surface area contributed by atoms with Crippen LogP contribution < -0.4 is 14.9 Å². The minimum Gasteiger partial charge on any atom is -0.627 e. The fraction of sp³-hybridized carbons (Fsp3) is 0.529. The van der Waals surface area contributed by atoms with Crippen LogP contribution in [0, 0.1) is 11.0 Å². The lowest BCUT2D eigenvalue weighted by atomic mass is 10.2. The number of benzene rings is 1. The maximum absolute atomic E-state index is 14.6. The first-order valence-corrected chi connectivity index (χ1v) is 8.58. The molecule has 0 bridgehead atoms. The molecule has 26 heavy (non-hydrogen) atoms. The summed E-state index contributed by atoms with van der Waals surface area (Å²) in [6, 6.07) is 4.22. The molecule has 2 saturated heterocycles. The molecule has 2 heterocycles. The van der Waals surface area contributed by atoms with Crippen LogP contribution >= 0.6 is 0 Å². The number of carbonyl (C=O) groups is 2. The van der Waals surface area contributed by atoms with Gasteiger partial charge in [0, 0.05) is 32.1 Å². The van der Waals surface area contributed by atoms with E-state index >= 15 is 0 Å². The summed E-state index contributed by atoms with van der Waals surface area (Å²) in [4.78, 5) is 26.3. The van der Waals surface area contributed by atoms with E-state index in [2.05, 4.69) is 5.32 Å². The van der Waals surface area contributed by atoms with Crippen molar-refractivity contribution in [1.82, 2.24) is 14.9 Å². The third kappa shape index (κ3) is 3.79. The van der Waals surface area contributed by atoms with Crippen LogP contribution in [-0.4, -0.2) is 69.3 Å². The highest BCUT2D eigenvalue weighted by atomic mass is 19.1. The molecule has 1 aromatic carbocycles. The van der Waals surface area contributed by atoms with Crippen LogP contribution in [0.1, 0.15) is 6.92 Å². The van der Waals surface area contributed by atoms with Crippen LogP contribution in [0.2, 0.25) is 0 Å². The van der Waals surface area contributed by atoms with Gasteiger partial charge in [-0.2, -0.15) is 0 Å². The Hall–Kier alpha value is -2.23. The molecule has 0 radical (unpaired) electrons. The van der Waals surface area contributed by atoms with E-state index in [1.54, 1.807) is 6.07 Å². The van der Waals surface area contributed by atoms with Crippen LogP contribution in [-0.2, 0) is 9.53 Å². The third-order valence-electron chi connectivity index (χ3n) is 4.82. The number of carbonyl (C=O) groups excluding carboxylic acids is 2. The third-order valence-corrected chi connectivity index (χ3v) is 4.82. The van der Waals surface area contributed by atoms with Crippen molar-refractivity contribution in [3.8, 4) is 0 Å². The molecule has 0 aliphatic carbocycles. The lowest BCUT2D eigenvalue weighted by Crippen LogP contribution is -2.56. The highest BCUT2D eigenvalue weighted by molar-refractivity contribution is 5.90. The van der Waals surface area contributed by atoms with E-state index in [0.717, 1.165) is 0 Å². The summed E-state index contributed by atoms with van der Waals surface area (Å²) in [6.45, 7) is 3.57. The number of piperazine rings is 1. The number of quaternary nitrogens is 1. The molecule has 2 amide bonds. The van der Waals surface area contributed by atoms with Gasteiger partial charge in [0.05, 0.1) is 31.9 Å².